The highest BCUT2D eigenvalue weighted by molar-refractivity contribution is 5.84. The van der Waals surface area contributed by atoms with Crippen molar-refractivity contribution in [2.24, 2.45) is 11.7 Å². The quantitative estimate of drug-likeness (QED) is 0.770. The Balaban J connectivity index is 1.85. The molecule has 6 nitrogen and oxygen atoms in total. The van der Waals surface area contributed by atoms with Crippen molar-refractivity contribution in [1.82, 2.24) is 4.90 Å². The number of hydrogen-bond donors (Lipinski definition) is 1. The van der Waals surface area contributed by atoms with Gasteiger partial charge in [0.25, 0.3) is 5.91 Å². The van der Waals surface area contributed by atoms with Crippen LogP contribution in [0.1, 0.15) is 32.6 Å². The number of hydrogen-bond acceptors (Lipinski definition) is 4. The fraction of sp³-hybridized carbons (Fsp3) is 0.769. The predicted molar refractivity (Wildman–Crippen MR) is 67.1 cm³/mol. The fourth-order valence-electron chi connectivity index (χ4n) is 2.74. The molecule has 0 saturated carbocycles. The third-order valence-corrected chi connectivity index (χ3v) is 3.99. The van der Waals surface area contributed by atoms with E-state index < -0.39 is 18.1 Å². The number of nitrogens with two attached hydrogens (primary N) is 1. The van der Waals surface area contributed by atoms with Gasteiger partial charge in [-0.15, -0.1) is 0 Å². The molecule has 0 spiro atoms. The summed E-state index contributed by atoms with van der Waals surface area (Å²) in [7, 11) is 0. The molecular weight excluding hydrogens is 248 g/mol. The van der Waals surface area contributed by atoms with E-state index in [-0.39, 0.29) is 17.6 Å². The van der Waals surface area contributed by atoms with Crippen LogP contribution < -0.4 is 5.73 Å². The predicted octanol–water partition coefficient (Wildman–Crippen LogP) is -0.153. The van der Waals surface area contributed by atoms with Gasteiger partial charge in [-0.3, -0.25) is 14.4 Å². The van der Waals surface area contributed by atoms with Crippen LogP contribution in [0.3, 0.4) is 0 Å². The number of carbonyl (C=O) groups is 3. The number of amides is 2. The lowest BCUT2D eigenvalue weighted by Crippen LogP contribution is -2.45. The van der Waals surface area contributed by atoms with E-state index in [0.29, 0.717) is 38.8 Å². The molecule has 2 aliphatic rings. The van der Waals surface area contributed by atoms with Gasteiger partial charge in [-0.25, -0.2) is 0 Å². The molecule has 0 bridgehead atoms. The van der Waals surface area contributed by atoms with E-state index in [4.69, 9.17) is 10.5 Å². The summed E-state index contributed by atoms with van der Waals surface area (Å²) in [5.41, 5.74) is 5.16. The van der Waals surface area contributed by atoms with Gasteiger partial charge in [0.15, 0.2) is 0 Å². The van der Waals surface area contributed by atoms with Crippen LogP contribution in [0.15, 0.2) is 0 Å². The zero-order chi connectivity index (χ0) is 14.0. The molecule has 0 aliphatic carbocycles. The number of Topliss-reactive ketones (excluding diaryl/α,β-unsaturated/α-hetero) is 1. The van der Waals surface area contributed by atoms with Crippen molar-refractivity contribution < 1.29 is 19.1 Å². The highest BCUT2D eigenvalue weighted by Crippen LogP contribution is 2.24. The number of ketones is 1. The van der Waals surface area contributed by atoms with Crippen molar-refractivity contribution in [1.29, 1.82) is 0 Å². The minimum absolute atomic E-state index is 0.0758. The van der Waals surface area contributed by atoms with Crippen molar-refractivity contribution in [2.45, 2.75) is 44.8 Å². The summed E-state index contributed by atoms with van der Waals surface area (Å²) in [6.45, 7) is 2.77. The lowest BCUT2D eigenvalue weighted by Gasteiger charge is -2.32. The molecule has 19 heavy (non-hydrogen) atoms. The molecule has 2 atom stereocenters. The van der Waals surface area contributed by atoms with Gasteiger partial charge < -0.3 is 15.4 Å². The lowest BCUT2D eigenvalue weighted by molar-refractivity contribution is -0.147. The number of carbonyl (C=O) groups excluding carboxylic acids is 3. The average molecular weight is 268 g/mol. The molecule has 6 heteroatoms. The second kappa shape index (κ2) is 5.69. The molecule has 2 N–H and O–H groups in total. The van der Waals surface area contributed by atoms with Crippen molar-refractivity contribution >= 4 is 17.6 Å². The van der Waals surface area contributed by atoms with Gasteiger partial charge in [-0.2, -0.15) is 0 Å². The van der Waals surface area contributed by atoms with Crippen molar-refractivity contribution in [3.63, 3.8) is 0 Å². The van der Waals surface area contributed by atoms with E-state index >= 15 is 0 Å². The molecule has 0 aromatic heterocycles. The Hall–Kier alpha value is -1.43. The molecule has 2 fully saturated rings. The minimum atomic E-state index is -0.635. The molecule has 0 aromatic rings. The summed E-state index contributed by atoms with van der Waals surface area (Å²) in [6, 6.07) is 0. The first-order chi connectivity index (χ1) is 8.99. The van der Waals surface area contributed by atoms with Gasteiger partial charge in [-0.05, 0) is 32.6 Å². The van der Waals surface area contributed by atoms with Gasteiger partial charge >= 0.3 is 0 Å². The number of ether oxygens (including phenoxy) is 1. The Kier molecular flexibility index (Phi) is 4.19. The second-order valence-electron chi connectivity index (χ2n) is 5.30. The van der Waals surface area contributed by atoms with Crippen LogP contribution in [-0.4, -0.2) is 47.8 Å². The summed E-state index contributed by atoms with van der Waals surface area (Å²) in [6.07, 6.45) is 1.30. The SMILES string of the molecule is CC(=O)C1CCN(C(=O)[C@@H]2CC[C@H](C(N)=O)O2)CC1. The maximum atomic E-state index is 12.2. The van der Waals surface area contributed by atoms with E-state index in [2.05, 4.69) is 0 Å². The Bertz CT molecular complexity index is 388. The van der Waals surface area contributed by atoms with Gasteiger partial charge in [0, 0.05) is 19.0 Å². The Labute approximate surface area is 112 Å². The molecule has 106 valence electrons. The summed E-state index contributed by atoms with van der Waals surface area (Å²) >= 11 is 0. The van der Waals surface area contributed by atoms with Crippen LogP contribution in [0, 0.1) is 5.92 Å². The van der Waals surface area contributed by atoms with E-state index in [1.165, 1.54) is 0 Å². The smallest absolute Gasteiger partial charge is 0.251 e. The van der Waals surface area contributed by atoms with Crippen molar-refractivity contribution in [3.8, 4) is 0 Å². The van der Waals surface area contributed by atoms with Gasteiger partial charge in [0.05, 0.1) is 0 Å². The van der Waals surface area contributed by atoms with Crippen LogP contribution in [0.5, 0.6) is 0 Å². The first-order valence-corrected chi connectivity index (χ1v) is 6.73. The van der Waals surface area contributed by atoms with E-state index in [1.807, 2.05) is 0 Å². The van der Waals surface area contributed by atoms with Crippen LogP contribution in [0.4, 0.5) is 0 Å². The molecule has 2 saturated heterocycles. The molecular formula is C13H20N2O4. The summed E-state index contributed by atoms with van der Waals surface area (Å²) in [5.74, 6) is -0.318. The highest BCUT2D eigenvalue weighted by atomic mass is 16.5. The average Bonchev–Trinajstić information content (AvgIpc) is 2.87. The van der Waals surface area contributed by atoms with Crippen LogP contribution in [0.2, 0.25) is 0 Å². The van der Waals surface area contributed by atoms with Crippen LogP contribution in [-0.2, 0) is 19.1 Å². The molecule has 2 heterocycles. The largest absolute Gasteiger partial charge is 0.367 e. The van der Waals surface area contributed by atoms with Gasteiger partial charge in [-0.1, -0.05) is 0 Å². The standard InChI is InChI=1S/C13H20N2O4/c1-8(16)9-4-6-15(7-5-9)13(18)11-3-2-10(19-11)12(14)17/h9-11H,2-7H2,1H3,(H2,14,17)/t10-,11+/m1/s1. The lowest BCUT2D eigenvalue weighted by atomic mass is 9.93. The topological polar surface area (TPSA) is 89.7 Å². The maximum absolute atomic E-state index is 12.2. The number of nitrogens with zero attached hydrogens (tertiary/aromatic N) is 1. The normalized spacial score (nSPS) is 28.4. The maximum Gasteiger partial charge on any atom is 0.251 e. The number of piperidine rings is 1. The second-order valence-corrected chi connectivity index (χ2v) is 5.30. The Morgan fingerprint density at radius 3 is 2.11 bits per heavy atom. The number of likely N-dealkylation sites (tertiary alicyclic amines) is 1. The van der Waals surface area contributed by atoms with Crippen molar-refractivity contribution in [3.05, 3.63) is 0 Å². The monoisotopic (exact) mass is 268 g/mol. The van der Waals surface area contributed by atoms with E-state index in [0.717, 1.165) is 0 Å². The Morgan fingerprint density at radius 1 is 1.05 bits per heavy atom. The molecule has 2 aliphatic heterocycles. The Morgan fingerprint density at radius 2 is 1.63 bits per heavy atom. The fourth-order valence-corrected chi connectivity index (χ4v) is 2.74. The third kappa shape index (κ3) is 3.12. The van der Waals surface area contributed by atoms with Gasteiger partial charge in [0.2, 0.25) is 5.91 Å². The summed E-state index contributed by atoms with van der Waals surface area (Å²) in [5, 5.41) is 0. The van der Waals surface area contributed by atoms with Gasteiger partial charge in [0.1, 0.15) is 18.0 Å². The first-order valence-electron chi connectivity index (χ1n) is 6.73. The first kappa shape index (κ1) is 14.0. The van der Waals surface area contributed by atoms with Crippen molar-refractivity contribution in [2.75, 3.05) is 13.1 Å². The molecule has 2 amide bonds. The van der Waals surface area contributed by atoms with Crippen LogP contribution >= 0.6 is 0 Å². The third-order valence-electron chi connectivity index (χ3n) is 3.99. The number of primary amides is 1. The molecule has 0 unspecified atom stereocenters. The van der Waals surface area contributed by atoms with Crippen LogP contribution in [0.25, 0.3) is 0 Å². The summed E-state index contributed by atoms with van der Waals surface area (Å²) < 4.78 is 5.38. The van der Waals surface area contributed by atoms with E-state index in [9.17, 15) is 14.4 Å². The van der Waals surface area contributed by atoms with E-state index in [1.54, 1.807) is 11.8 Å². The molecule has 0 radical (unpaired) electrons. The number of rotatable bonds is 3. The highest BCUT2D eigenvalue weighted by Gasteiger charge is 2.37. The minimum Gasteiger partial charge on any atom is -0.367 e. The molecule has 0 aromatic carbocycles. The zero-order valence-electron chi connectivity index (χ0n) is 11.1. The zero-order valence-corrected chi connectivity index (χ0v) is 11.1. The molecule has 2 rings (SSSR count). The summed E-state index contributed by atoms with van der Waals surface area (Å²) in [4.78, 5) is 36.2.